The zero-order chi connectivity index (χ0) is 17.4. The van der Waals surface area contributed by atoms with Crippen LogP contribution in [0.5, 0.6) is 5.75 Å². The van der Waals surface area contributed by atoms with Crippen LogP contribution >= 0.6 is 0 Å². The molecule has 0 fully saturated rings. The summed E-state index contributed by atoms with van der Waals surface area (Å²) < 4.78 is 11.3. The SMILES string of the molecule is Cc1noc(C)c1-c1ccc2c(c1)OC(Cc1ccccc1)C(=O)N2. The van der Waals surface area contributed by atoms with E-state index in [0.717, 1.165) is 28.1 Å². The van der Waals surface area contributed by atoms with Crippen LogP contribution in [0.1, 0.15) is 17.0 Å². The molecule has 5 nitrogen and oxygen atoms in total. The molecule has 1 N–H and O–H groups in total. The van der Waals surface area contributed by atoms with Gasteiger partial charge in [-0.3, -0.25) is 4.79 Å². The lowest BCUT2D eigenvalue weighted by Gasteiger charge is -2.26. The minimum Gasteiger partial charge on any atom is -0.478 e. The maximum Gasteiger partial charge on any atom is 0.265 e. The Balaban J connectivity index is 1.65. The number of nitrogens with one attached hydrogen (secondary N) is 1. The van der Waals surface area contributed by atoms with Crippen LogP contribution in [0.4, 0.5) is 5.69 Å². The maximum absolute atomic E-state index is 12.3. The van der Waals surface area contributed by atoms with Crippen LogP contribution in [0, 0.1) is 13.8 Å². The van der Waals surface area contributed by atoms with E-state index in [9.17, 15) is 4.79 Å². The minimum atomic E-state index is -0.546. The number of hydrogen-bond donors (Lipinski definition) is 1. The molecule has 126 valence electrons. The van der Waals surface area contributed by atoms with Crippen molar-refractivity contribution in [2.75, 3.05) is 5.32 Å². The van der Waals surface area contributed by atoms with Crippen LogP contribution < -0.4 is 10.1 Å². The Bertz CT molecular complexity index is 912. The number of carbonyl (C=O) groups is 1. The third kappa shape index (κ3) is 2.89. The third-order valence-corrected chi connectivity index (χ3v) is 4.39. The summed E-state index contributed by atoms with van der Waals surface area (Å²) >= 11 is 0. The first kappa shape index (κ1) is 15.4. The van der Waals surface area contributed by atoms with Crippen molar-refractivity contribution in [2.45, 2.75) is 26.4 Å². The standard InChI is InChI=1S/C20H18N2O3/c1-12-19(13(2)25-22-12)15-8-9-16-17(11-15)24-18(20(23)21-16)10-14-6-4-3-5-7-14/h3-9,11,18H,10H2,1-2H3,(H,21,23). The zero-order valence-electron chi connectivity index (χ0n) is 14.1. The van der Waals surface area contributed by atoms with Gasteiger partial charge < -0.3 is 14.6 Å². The van der Waals surface area contributed by atoms with Crippen molar-refractivity contribution in [1.29, 1.82) is 0 Å². The number of fused-ring (bicyclic) bond motifs is 1. The Morgan fingerprint density at radius 3 is 2.64 bits per heavy atom. The van der Waals surface area contributed by atoms with Crippen LogP contribution in [0.3, 0.4) is 0 Å². The first-order chi connectivity index (χ1) is 12.1. The fraction of sp³-hybridized carbons (Fsp3) is 0.200. The summed E-state index contributed by atoms with van der Waals surface area (Å²) in [6.07, 6.45) is -0.0170. The molecule has 1 atom stereocenters. The van der Waals surface area contributed by atoms with Gasteiger partial charge in [0.1, 0.15) is 11.5 Å². The molecule has 0 saturated heterocycles. The second-order valence-corrected chi connectivity index (χ2v) is 6.20. The molecule has 3 aromatic rings. The number of aryl methyl sites for hydroxylation is 2. The van der Waals surface area contributed by atoms with E-state index in [1.165, 1.54) is 0 Å². The van der Waals surface area contributed by atoms with Gasteiger partial charge in [-0.15, -0.1) is 0 Å². The largest absolute Gasteiger partial charge is 0.478 e. The van der Waals surface area contributed by atoms with Gasteiger partial charge in [0.2, 0.25) is 0 Å². The van der Waals surface area contributed by atoms with Gasteiger partial charge in [0.05, 0.1) is 11.4 Å². The second-order valence-electron chi connectivity index (χ2n) is 6.20. The monoisotopic (exact) mass is 334 g/mol. The van der Waals surface area contributed by atoms with Gasteiger partial charge in [0.25, 0.3) is 5.91 Å². The van der Waals surface area contributed by atoms with Crippen LogP contribution in [-0.2, 0) is 11.2 Å². The van der Waals surface area contributed by atoms with Crippen molar-refractivity contribution in [3.63, 3.8) is 0 Å². The summed E-state index contributed by atoms with van der Waals surface area (Å²) in [5.41, 5.74) is 4.50. The van der Waals surface area contributed by atoms with Crippen LogP contribution in [0.2, 0.25) is 0 Å². The van der Waals surface area contributed by atoms with E-state index in [0.29, 0.717) is 17.9 Å². The topological polar surface area (TPSA) is 64.4 Å². The summed E-state index contributed by atoms with van der Waals surface area (Å²) in [5, 5.41) is 6.93. The summed E-state index contributed by atoms with van der Waals surface area (Å²) in [4.78, 5) is 12.3. The summed E-state index contributed by atoms with van der Waals surface area (Å²) in [5.74, 6) is 1.30. The Hall–Kier alpha value is -3.08. The highest BCUT2D eigenvalue weighted by Gasteiger charge is 2.28. The number of anilines is 1. The number of aromatic nitrogens is 1. The number of amides is 1. The average molecular weight is 334 g/mol. The van der Waals surface area contributed by atoms with E-state index in [4.69, 9.17) is 9.26 Å². The number of carbonyl (C=O) groups excluding carboxylic acids is 1. The van der Waals surface area contributed by atoms with E-state index in [1.807, 2.05) is 62.4 Å². The van der Waals surface area contributed by atoms with Crippen LogP contribution in [0.25, 0.3) is 11.1 Å². The number of nitrogens with zero attached hydrogens (tertiary/aromatic N) is 1. The van der Waals surface area contributed by atoms with E-state index >= 15 is 0 Å². The van der Waals surface area contributed by atoms with Crippen molar-refractivity contribution in [2.24, 2.45) is 0 Å². The Kier molecular flexibility index (Phi) is 3.76. The summed E-state index contributed by atoms with van der Waals surface area (Å²) in [6, 6.07) is 15.6. The molecule has 0 saturated carbocycles. The van der Waals surface area contributed by atoms with Gasteiger partial charge in [-0.1, -0.05) is 41.6 Å². The molecule has 1 aliphatic rings. The van der Waals surface area contributed by atoms with Crippen molar-refractivity contribution in [1.82, 2.24) is 5.16 Å². The predicted molar refractivity (Wildman–Crippen MR) is 94.6 cm³/mol. The van der Waals surface area contributed by atoms with Gasteiger partial charge in [-0.05, 0) is 37.1 Å². The molecule has 2 heterocycles. The Labute approximate surface area is 145 Å². The molecule has 2 aromatic carbocycles. The molecule has 0 radical (unpaired) electrons. The van der Waals surface area contributed by atoms with E-state index in [-0.39, 0.29) is 5.91 Å². The van der Waals surface area contributed by atoms with E-state index < -0.39 is 6.10 Å². The molecule has 4 rings (SSSR count). The molecule has 1 unspecified atom stereocenters. The number of rotatable bonds is 3. The molecule has 0 spiro atoms. The summed E-state index contributed by atoms with van der Waals surface area (Å²) in [6.45, 7) is 3.79. The molecular weight excluding hydrogens is 316 g/mol. The molecule has 0 bridgehead atoms. The lowest BCUT2D eigenvalue weighted by atomic mass is 10.0. The van der Waals surface area contributed by atoms with Crippen molar-refractivity contribution in [3.8, 4) is 16.9 Å². The van der Waals surface area contributed by atoms with Gasteiger partial charge in [0.15, 0.2) is 6.10 Å². The van der Waals surface area contributed by atoms with Gasteiger partial charge >= 0.3 is 0 Å². The number of benzene rings is 2. The molecule has 25 heavy (non-hydrogen) atoms. The molecule has 5 heteroatoms. The highest BCUT2D eigenvalue weighted by molar-refractivity contribution is 5.98. The smallest absolute Gasteiger partial charge is 0.265 e. The molecule has 0 aliphatic carbocycles. The fourth-order valence-corrected chi connectivity index (χ4v) is 3.16. The third-order valence-electron chi connectivity index (χ3n) is 4.39. The first-order valence-electron chi connectivity index (χ1n) is 8.20. The van der Waals surface area contributed by atoms with Gasteiger partial charge in [-0.25, -0.2) is 0 Å². The highest BCUT2D eigenvalue weighted by Crippen LogP contribution is 2.36. The predicted octanol–water partition coefficient (Wildman–Crippen LogP) is 3.90. The van der Waals surface area contributed by atoms with E-state index in [2.05, 4.69) is 10.5 Å². The maximum atomic E-state index is 12.3. The molecule has 1 aliphatic heterocycles. The van der Waals surface area contributed by atoms with Gasteiger partial charge in [0, 0.05) is 12.0 Å². The Morgan fingerprint density at radius 2 is 1.92 bits per heavy atom. The normalized spacial score (nSPS) is 16.1. The number of hydrogen-bond acceptors (Lipinski definition) is 4. The van der Waals surface area contributed by atoms with Crippen molar-refractivity contribution < 1.29 is 14.1 Å². The number of ether oxygens (including phenoxy) is 1. The van der Waals surface area contributed by atoms with E-state index in [1.54, 1.807) is 0 Å². The zero-order valence-corrected chi connectivity index (χ0v) is 14.1. The van der Waals surface area contributed by atoms with Gasteiger partial charge in [-0.2, -0.15) is 0 Å². The quantitative estimate of drug-likeness (QED) is 0.789. The minimum absolute atomic E-state index is 0.124. The Morgan fingerprint density at radius 1 is 1.12 bits per heavy atom. The average Bonchev–Trinajstić information content (AvgIpc) is 2.95. The van der Waals surface area contributed by atoms with Crippen molar-refractivity contribution >= 4 is 11.6 Å². The first-order valence-corrected chi connectivity index (χ1v) is 8.20. The molecule has 1 aromatic heterocycles. The van der Waals surface area contributed by atoms with Crippen molar-refractivity contribution in [3.05, 3.63) is 65.5 Å². The molecule has 1 amide bonds. The lowest BCUT2D eigenvalue weighted by molar-refractivity contribution is -0.123. The fourth-order valence-electron chi connectivity index (χ4n) is 3.16. The van der Waals surface area contributed by atoms with Crippen LogP contribution in [-0.4, -0.2) is 17.2 Å². The second kappa shape index (κ2) is 6.09. The van der Waals surface area contributed by atoms with Crippen LogP contribution in [0.15, 0.2) is 53.1 Å². The summed E-state index contributed by atoms with van der Waals surface area (Å²) in [7, 11) is 0. The highest BCUT2D eigenvalue weighted by atomic mass is 16.5. The lowest BCUT2D eigenvalue weighted by Crippen LogP contribution is -2.38. The molecular formula is C20H18N2O3.